The molecule has 0 bridgehead atoms. The van der Waals surface area contributed by atoms with Crippen LogP contribution >= 0.6 is 11.6 Å². The summed E-state index contributed by atoms with van der Waals surface area (Å²) in [6.45, 7) is 1.86. The number of rotatable bonds is 5. The molecule has 0 radical (unpaired) electrons. The number of anilines is 1. The molecular weight excluding hydrogens is 222 g/mol. The molecule has 0 heterocycles. The van der Waals surface area contributed by atoms with E-state index in [0.29, 0.717) is 10.6 Å². The summed E-state index contributed by atoms with van der Waals surface area (Å²) in [5.74, 6) is 0. The standard InChI is InChI=1S/C12H16ClN3/c1-15-6-3-7-16(2)12-8-11(13)5-4-10(12)9-14/h4-5,8,15H,3,6-7H2,1-2H3. The van der Waals surface area contributed by atoms with E-state index in [1.165, 1.54) is 0 Å². The Kier molecular flexibility index (Phi) is 5.10. The quantitative estimate of drug-likeness (QED) is 0.799. The maximum absolute atomic E-state index is 9.00. The van der Waals surface area contributed by atoms with Crippen LogP contribution in [-0.4, -0.2) is 27.2 Å². The largest absolute Gasteiger partial charge is 0.373 e. The van der Waals surface area contributed by atoms with E-state index >= 15 is 0 Å². The van der Waals surface area contributed by atoms with Crippen LogP contribution in [0.1, 0.15) is 12.0 Å². The molecule has 0 aromatic heterocycles. The van der Waals surface area contributed by atoms with Crippen LogP contribution in [0.2, 0.25) is 5.02 Å². The highest BCUT2D eigenvalue weighted by molar-refractivity contribution is 6.30. The van der Waals surface area contributed by atoms with Crippen LogP contribution in [0.4, 0.5) is 5.69 Å². The normalized spacial score (nSPS) is 9.88. The maximum atomic E-state index is 9.00. The van der Waals surface area contributed by atoms with Gasteiger partial charge in [0.05, 0.1) is 11.3 Å². The molecule has 0 unspecified atom stereocenters. The molecule has 0 aliphatic rings. The first-order chi connectivity index (χ1) is 7.69. The van der Waals surface area contributed by atoms with Crippen LogP contribution < -0.4 is 10.2 Å². The van der Waals surface area contributed by atoms with E-state index in [-0.39, 0.29) is 0 Å². The molecule has 0 aliphatic carbocycles. The van der Waals surface area contributed by atoms with Crippen LogP contribution in [-0.2, 0) is 0 Å². The topological polar surface area (TPSA) is 39.1 Å². The Balaban J connectivity index is 2.77. The van der Waals surface area contributed by atoms with Crippen molar-refractivity contribution in [2.45, 2.75) is 6.42 Å². The number of nitrogens with one attached hydrogen (secondary N) is 1. The van der Waals surface area contributed by atoms with Gasteiger partial charge in [0.2, 0.25) is 0 Å². The SMILES string of the molecule is CNCCCN(C)c1cc(Cl)ccc1C#N. The molecule has 86 valence electrons. The first-order valence-corrected chi connectivity index (χ1v) is 5.62. The molecule has 16 heavy (non-hydrogen) atoms. The van der Waals surface area contributed by atoms with Crippen molar-refractivity contribution in [1.82, 2.24) is 5.32 Å². The number of hydrogen-bond acceptors (Lipinski definition) is 3. The molecule has 0 saturated heterocycles. The Hall–Kier alpha value is -1.24. The third-order valence-corrected chi connectivity index (χ3v) is 2.65. The van der Waals surface area contributed by atoms with Gasteiger partial charge in [-0.2, -0.15) is 5.26 Å². The van der Waals surface area contributed by atoms with Crippen molar-refractivity contribution >= 4 is 17.3 Å². The van der Waals surface area contributed by atoms with Gasteiger partial charge in [-0.05, 0) is 38.2 Å². The lowest BCUT2D eigenvalue weighted by Crippen LogP contribution is -2.22. The molecule has 1 aromatic carbocycles. The lowest BCUT2D eigenvalue weighted by atomic mass is 10.2. The summed E-state index contributed by atoms with van der Waals surface area (Å²) in [5.41, 5.74) is 1.56. The van der Waals surface area contributed by atoms with Crippen molar-refractivity contribution in [1.29, 1.82) is 5.26 Å². The van der Waals surface area contributed by atoms with E-state index in [1.807, 2.05) is 20.2 Å². The van der Waals surface area contributed by atoms with Crippen molar-refractivity contribution in [3.8, 4) is 6.07 Å². The van der Waals surface area contributed by atoms with Crippen molar-refractivity contribution in [3.63, 3.8) is 0 Å². The number of nitrogens with zero attached hydrogens (tertiary/aromatic N) is 2. The zero-order valence-corrected chi connectivity index (χ0v) is 10.4. The summed E-state index contributed by atoms with van der Waals surface area (Å²) in [5, 5.41) is 12.8. The van der Waals surface area contributed by atoms with Crippen molar-refractivity contribution in [2.75, 3.05) is 32.1 Å². The van der Waals surface area contributed by atoms with Crippen molar-refractivity contribution < 1.29 is 0 Å². The number of nitriles is 1. The molecule has 1 N–H and O–H groups in total. The average Bonchev–Trinajstić information content (AvgIpc) is 2.29. The molecule has 0 amide bonds. The monoisotopic (exact) mass is 237 g/mol. The highest BCUT2D eigenvalue weighted by Crippen LogP contribution is 2.23. The Morgan fingerprint density at radius 2 is 2.25 bits per heavy atom. The molecule has 0 atom stereocenters. The van der Waals surface area contributed by atoms with Gasteiger partial charge in [-0.15, -0.1) is 0 Å². The molecule has 1 rings (SSSR count). The predicted molar refractivity (Wildman–Crippen MR) is 68.0 cm³/mol. The van der Waals surface area contributed by atoms with E-state index in [0.717, 1.165) is 25.2 Å². The van der Waals surface area contributed by atoms with Gasteiger partial charge >= 0.3 is 0 Å². The summed E-state index contributed by atoms with van der Waals surface area (Å²) in [4.78, 5) is 2.06. The van der Waals surface area contributed by atoms with Gasteiger partial charge in [0, 0.05) is 18.6 Å². The van der Waals surface area contributed by atoms with E-state index < -0.39 is 0 Å². The first kappa shape index (κ1) is 12.8. The first-order valence-electron chi connectivity index (χ1n) is 5.24. The Labute approximate surface area is 102 Å². The lowest BCUT2D eigenvalue weighted by Gasteiger charge is -2.20. The number of benzene rings is 1. The zero-order valence-electron chi connectivity index (χ0n) is 9.63. The second-order valence-electron chi connectivity index (χ2n) is 3.65. The summed E-state index contributed by atoms with van der Waals surface area (Å²) >= 11 is 5.93. The summed E-state index contributed by atoms with van der Waals surface area (Å²) in [7, 11) is 3.91. The molecule has 0 spiro atoms. The molecule has 4 heteroatoms. The minimum Gasteiger partial charge on any atom is -0.373 e. The summed E-state index contributed by atoms with van der Waals surface area (Å²) in [6, 6.07) is 7.51. The minimum atomic E-state index is 0.662. The Morgan fingerprint density at radius 1 is 1.50 bits per heavy atom. The fourth-order valence-corrected chi connectivity index (χ4v) is 1.69. The van der Waals surface area contributed by atoms with Crippen molar-refractivity contribution in [3.05, 3.63) is 28.8 Å². The number of hydrogen-bond donors (Lipinski definition) is 1. The van der Waals surface area contributed by atoms with E-state index in [4.69, 9.17) is 16.9 Å². The van der Waals surface area contributed by atoms with Crippen LogP contribution in [0, 0.1) is 11.3 Å². The van der Waals surface area contributed by atoms with Gasteiger partial charge < -0.3 is 10.2 Å². The fraction of sp³-hybridized carbons (Fsp3) is 0.417. The Bertz CT molecular complexity index is 384. The summed E-state index contributed by atoms with van der Waals surface area (Å²) < 4.78 is 0. The maximum Gasteiger partial charge on any atom is 0.101 e. The lowest BCUT2D eigenvalue weighted by molar-refractivity contribution is 0.712. The second kappa shape index (κ2) is 6.37. The van der Waals surface area contributed by atoms with E-state index in [2.05, 4.69) is 16.3 Å². The third kappa shape index (κ3) is 3.41. The highest BCUT2D eigenvalue weighted by atomic mass is 35.5. The molecule has 0 aliphatic heterocycles. The third-order valence-electron chi connectivity index (χ3n) is 2.41. The highest BCUT2D eigenvalue weighted by Gasteiger charge is 2.07. The van der Waals surface area contributed by atoms with Gasteiger partial charge in [0.15, 0.2) is 0 Å². The molecule has 0 fully saturated rings. The molecular formula is C12H16ClN3. The van der Waals surface area contributed by atoms with Gasteiger partial charge in [0.25, 0.3) is 0 Å². The number of halogens is 1. The van der Waals surface area contributed by atoms with Gasteiger partial charge in [-0.3, -0.25) is 0 Å². The zero-order chi connectivity index (χ0) is 12.0. The smallest absolute Gasteiger partial charge is 0.101 e. The van der Waals surface area contributed by atoms with Crippen LogP contribution in [0.15, 0.2) is 18.2 Å². The predicted octanol–water partition coefficient (Wildman–Crippen LogP) is 2.26. The van der Waals surface area contributed by atoms with Crippen LogP contribution in [0.25, 0.3) is 0 Å². The summed E-state index contributed by atoms with van der Waals surface area (Å²) in [6.07, 6.45) is 1.03. The molecule has 1 aromatic rings. The van der Waals surface area contributed by atoms with Gasteiger partial charge in [-0.25, -0.2) is 0 Å². The minimum absolute atomic E-state index is 0.662. The second-order valence-corrected chi connectivity index (χ2v) is 4.09. The van der Waals surface area contributed by atoms with Gasteiger partial charge in [0.1, 0.15) is 6.07 Å². The Morgan fingerprint density at radius 3 is 2.88 bits per heavy atom. The van der Waals surface area contributed by atoms with Crippen molar-refractivity contribution in [2.24, 2.45) is 0 Å². The average molecular weight is 238 g/mol. The van der Waals surface area contributed by atoms with E-state index in [1.54, 1.807) is 12.1 Å². The van der Waals surface area contributed by atoms with Crippen LogP contribution in [0.3, 0.4) is 0 Å². The molecule has 3 nitrogen and oxygen atoms in total. The van der Waals surface area contributed by atoms with E-state index in [9.17, 15) is 0 Å². The molecule has 0 saturated carbocycles. The fourth-order valence-electron chi connectivity index (χ4n) is 1.53. The van der Waals surface area contributed by atoms with Crippen LogP contribution in [0.5, 0.6) is 0 Å². The van der Waals surface area contributed by atoms with Gasteiger partial charge in [-0.1, -0.05) is 11.6 Å².